The van der Waals surface area contributed by atoms with E-state index >= 15 is 0 Å². The molecule has 1 saturated heterocycles. The van der Waals surface area contributed by atoms with Crippen molar-refractivity contribution < 1.29 is 29.0 Å². The molecule has 3 rings (SSSR count). The second-order valence-corrected chi connectivity index (χ2v) is 8.24. The lowest BCUT2D eigenvalue weighted by molar-refractivity contribution is -0.160. The number of β-lactam (4-membered cyclic amide) rings is 1. The molecule has 30 heavy (non-hydrogen) atoms. The normalized spacial score (nSPS) is 23.2. The number of amides is 3. The van der Waals surface area contributed by atoms with Crippen molar-refractivity contribution in [3.05, 3.63) is 28.1 Å². The van der Waals surface area contributed by atoms with E-state index < -0.39 is 41.3 Å². The van der Waals surface area contributed by atoms with Crippen LogP contribution in [0.2, 0.25) is 0 Å². The van der Waals surface area contributed by atoms with E-state index in [1.165, 1.54) is 16.7 Å². The Balaban J connectivity index is 1.76. The zero-order valence-corrected chi connectivity index (χ0v) is 17.4. The lowest BCUT2D eigenvalue weighted by atomic mass is 9.98. The number of anilines is 1. The summed E-state index contributed by atoms with van der Waals surface area (Å²) in [5.41, 5.74) is 11.5. The van der Waals surface area contributed by atoms with Crippen LogP contribution >= 0.6 is 23.1 Å². The number of carboxylic acids is 1. The van der Waals surface area contributed by atoms with Crippen molar-refractivity contribution in [1.29, 1.82) is 0 Å². The second kappa shape index (κ2) is 8.75. The molecule has 0 spiro atoms. The van der Waals surface area contributed by atoms with Crippen LogP contribution < -0.4 is 16.8 Å². The summed E-state index contributed by atoms with van der Waals surface area (Å²) in [6, 6.07) is -2.21. The van der Waals surface area contributed by atoms with Gasteiger partial charge in [-0.2, -0.15) is 0 Å². The van der Waals surface area contributed by atoms with E-state index in [0.717, 1.165) is 16.7 Å². The molecule has 3 heterocycles. The SMILES string of the molecule is CC/C=C(\C(=O)N[C@@H]1C(=O)N2C(C(=O)O)C(COC(N)=O)=CS[C@H]12)c1csc(N)n1. The summed E-state index contributed by atoms with van der Waals surface area (Å²) < 4.78 is 4.67. The van der Waals surface area contributed by atoms with Gasteiger partial charge in [-0.15, -0.1) is 23.1 Å². The molecule has 1 fully saturated rings. The molecule has 6 N–H and O–H groups in total. The summed E-state index contributed by atoms with van der Waals surface area (Å²) in [5, 5.41) is 15.1. The number of nitrogens with zero attached hydrogens (tertiary/aromatic N) is 2. The Morgan fingerprint density at radius 3 is 2.73 bits per heavy atom. The summed E-state index contributed by atoms with van der Waals surface area (Å²) in [6.45, 7) is 1.51. The van der Waals surface area contributed by atoms with E-state index in [0.29, 0.717) is 22.8 Å². The maximum Gasteiger partial charge on any atom is 0.404 e. The molecule has 0 bridgehead atoms. The van der Waals surface area contributed by atoms with E-state index in [9.17, 15) is 24.3 Å². The van der Waals surface area contributed by atoms with Crippen molar-refractivity contribution in [2.45, 2.75) is 30.8 Å². The van der Waals surface area contributed by atoms with Crippen LogP contribution in [0.15, 0.2) is 22.4 Å². The highest BCUT2D eigenvalue weighted by Gasteiger charge is 2.56. The van der Waals surface area contributed by atoms with Gasteiger partial charge in [-0.3, -0.25) is 9.59 Å². The molecule has 3 atom stereocenters. The topological polar surface area (TPSA) is 178 Å². The third kappa shape index (κ3) is 4.11. The number of hydrogen-bond donors (Lipinski definition) is 4. The molecule has 2 aliphatic rings. The summed E-state index contributed by atoms with van der Waals surface area (Å²) in [7, 11) is 0. The van der Waals surface area contributed by atoms with Crippen LogP contribution in [-0.2, 0) is 19.1 Å². The van der Waals surface area contributed by atoms with E-state index in [2.05, 4.69) is 15.0 Å². The average Bonchev–Trinajstić information content (AvgIpc) is 3.13. The fourth-order valence-electron chi connectivity index (χ4n) is 3.13. The Morgan fingerprint density at radius 2 is 2.17 bits per heavy atom. The molecule has 160 valence electrons. The van der Waals surface area contributed by atoms with E-state index in [-0.39, 0.29) is 12.2 Å². The van der Waals surface area contributed by atoms with Crippen LogP contribution in [0.25, 0.3) is 5.57 Å². The number of thiazole rings is 1. The van der Waals surface area contributed by atoms with Gasteiger partial charge in [-0.05, 0) is 11.8 Å². The Hall–Kier alpha value is -3.06. The van der Waals surface area contributed by atoms with Crippen molar-refractivity contribution in [3.63, 3.8) is 0 Å². The van der Waals surface area contributed by atoms with Crippen molar-refractivity contribution in [2.24, 2.45) is 5.73 Å². The molecular formula is C17H19N5O6S2. The average molecular weight is 454 g/mol. The molecule has 0 aliphatic carbocycles. The predicted molar refractivity (Wildman–Crippen MR) is 110 cm³/mol. The molecule has 1 aromatic heterocycles. The monoisotopic (exact) mass is 453 g/mol. The Bertz CT molecular complexity index is 958. The molecule has 2 aliphatic heterocycles. The summed E-state index contributed by atoms with van der Waals surface area (Å²) in [4.78, 5) is 53.3. The number of thioether (sulfide) groups is 1. The third-order valence-corrected chi connectivity index (χ3v) is 6.31. The Morgan fingerprint density at radius 1 is 1.43 bits per heavy atom. The minimum Gasteiger partial charge on any atom is -0.479 e. The Labute approximate surface area is 179 Å². The molecule has 11 nitrogen and oxygen atoms in total. The number of aromatic nitrogens is 1. The van der Waals surface area contributed by atoms with Crippen molar-refractivity contribution >= 4 is 57.7 Å². The number of aliphatic carboxylic acids is 1. The summed E-state index contributed by atoms with van der Waals surface area (Å²) in [5.74, 6) is -2.33. The highest BCUT2D eigenvalue weighted by molar-refractivity contribution is 8.02. The number of nitrogen functional groups attached to an aromatic ring is 1. The highest BCUT2D eigenvalue weighted by Crippen LogP contribution is 2.40. The predicted octanol–water partition coefficient (Wildman–Crippen LogP) is 0.351. The molecular weight excluding hydrogens is 434 g/mol. The van der Waals surface area contributed by atoms with Gasteiger partial charge in [0.05, 0.1) is 11.3 Å². The first-order valence-corrected chi connectivity index (χ1v) is 10.6. The molecule has 1 unspecified atom stereocenters. The molecule has 1 aromatic rings. The molecule has 13 heteroatoms. The summed E-state index contributed by atoms with van der Waals surface area (Å²) in [6.07, 6.45) is 1.19. The number of allylic oxidation sites excluding steroid dienone is 1. The molecule has 3 amide bonds. The van der Waals surface area contributed by atoms with Crippen molar-refractivity contribution in [3.8, 4) is 0 Å². The number of rotatable bonds is 7. The van der Waals surface area contributed by atoms with Crippen LogP contribution in [0.1, 0.15) is 19.0 Å². The van der Waals surface area contributed by atoms with Gasteiger partial charge in [0, 0.05) is 11.0 Å². The number of nitrogens with two attached hydrogens (primary N) is 2. The first-order valence-electron chi connectivity index (χ1n) is 8.78. The zero-order valence-electron chi connectivity index (χ0n) is 15.7. The molecule has 0 aromatic carbocycles. The second-order valence-electron chi connectivity index (χ2n) is 6.36. The van der Waals surface area contributed by atoms with E-state index in [1.54, 1.807) is 11.5 Å². The van der Waals surface area contributed by atoms with Crippen LogP contribution in [0.5, 0.6) is 0 Å². The number of hydrogen-bond acceptors (Lipinski definition) is 9. The van der Waals surface area contributed by atoms with Crippen LogP contribution in [0, 0.1) is 0 Å². The third-order valence-electron chi connectivity index (χ3n) is 4.42. The van der Waals surface area contributed by atoms with Gasteiger partial charge in [0.1, 0.15) is 18.0 Å². The number of fused-ring (bicyclic) bond motifs is 1. The van der Waals surface area contributed by atoms with E-state index in [1.807, 2.05) is 6.92 Å². The lowest BCUT2D eigenvalue weighted by Gasteiger charge is -2.51. The smallest absolute Gasteiger partial charge is 0.404 e. The minimum absolute atomic E-state index is 0.213. The van der Waals surface area contributed by atoms with Gasteiger partial charge in [0.2, 0.25) is 5.91 Å². The number of nitrogens with one attached hydrogen (secondary N) is 1. The van der Waals surface area contributed by atoms with Crippen LogP contribution in [-0.4, -0.2) is 62.9 Å². The number of carboxylic acid groups (broad SMARTS) is 1. The zero-order chi connectivity index (χ0) is 22.0. The fourth-order valence-corrected chi connectivity index (χ4v) is 4.90. The van der Waals surface area contributed by atoms with Gasteiger partial charge in [0.15, 0.2) is 11.2 Å². The Kier molecular flexibility index (Phi) is 6.31. The first-order chi connectivity index (χ1) is 14.2. The highest BCUT2D eigenvalue weighted by atomic mass is 32.2. The van der Waals surface area contributed by atoms with Gasteiger partial charge in [0.25, 0.3) is 5.91 Å². The first kappa shape index (κ1) is 21.6. The van der Waals surface area contributed by atoms with Crippen LogP contribution in [0.4, 0.5) is 9.93 Å². The van der Waals surface area contributed by atoms with Crippen molar-refractivity contribution in [1.82, 2.24) is 15.2 Å². The standard InChI is InChI=1S/C17H19N5O6S2/c1-2-3-8(9-6-30-16(18)20-9)12(23)21-10-13(24)22-11(15(25)26)7(4-28-17(19)27)5-29-14(10)22/h3,5-6,10-11,14H,2,4H2,1H3,(H2,18,20)(H2,19,27)(H,21,23)(H,25,26)/b8-3-/t10-,11?,14-/m1/s1. The van der Waals surface area contributed by atoms with Crippen LogP contribution in [0.3, 0.4) is 0 Å². The largest absolute Gasteiger partial charge is 0.479 e. The lowest BCUT2D eigenvalue weighted by Crippen LogP contribution is -2.74. The fraction of sp³-hybridized carbons (Fsp3) is 0.353. The van der Waals surface area contributed by atoms with Crippen molar-refractivity contribution in [2.75, 3.05) is 12.3 Å². The maximum atomic E-state index is 12.8. The van der Waals surface area contributed by atoms with Gasteiger partial charge in [-0.1, -0.05) is 13.0 Å². The number of primary amides is 1. The van der Waals surface area contributed by atoms with Gasteiger partial charge >= 0.3 is 12.1 Å². The van der Waals surface area contributed by atoms with Gasteiger partial charge < -0.3 is 31.5 Å². The molecule has 0 saturated carbocycles. The van der Waals surface area contributed by atoms with E-state index in [4.69, 9.17) is 11.5 Å². The number of carbonyl (C=O) groups is 4. The van der Waals surface area contributed by atoms with Gasteiger partial charge in [-0.25, -0.2) is 14.6 Å². The number of ether oxygens (including phenoxy) is 1. The quantitative estimate of drug-likeness (QED) is 0.335. The minimum atomic E-state index is -1.31. The summed E-state index contributed by atoms with van der Waals surface area (Å²) >= 11 is 2.35. The molecule has 0 radical (unpaired) electrons. The number of carbonyl (C=O) groups excluding carboxylic acids is 3. The maximum absolute atomic E-state index is 12.8.